The average molecular weight is 589 g/mol. The maximum atomic E-state index is 13.6. The molecule has 2 unspecified atom stereocenters. The zero-order valence-corrected chi connectivity index (χ0v) is 23.7. The number of hydrogen-bond donors (Lipinski definition) is 4. The van der Waals surface area contributed by atoms with Crippen molar-refractivity contribution in [2.24, 2.45) is 18.7 Å². The van der Waals surface area contributed by atoms with Gasteiger partial charge in [0.15, 0.2) is 0 Å². The van der Waals surface area contributed by atoms with Crippen molar-refractivity contribution in [3.05, 3.63) is 88.0 Å². The molecule has 42 heavy (non-hydrogen) atoms. The van der Waals surface area contributed by atoms with Crippen molar-refractivity contribution in [2.75, 3.05) is 10.6 Å². The van der Waals surface area contributed by atoms with Crippen LogP contribution in [0.3, 0.4) is 0 Å². The van der Waals surface area contributed by atoms with E-state index in [0.717, 1.165) is 11.8 Å². The summed E-state index contributed by atoms with van der Waals surface area (Å²) in [5, 5.41) is 19.6. The molecule has 0 saturated heterocycles. The van der Waals surface area contributed by atoms with Crippen LogP contribution in [0.1, 0.15) is 37.8 Å². The van der Waals surface area contributed by atoms with Crippen LogP contribution < -0.4 is 21.9 Å². The number of nitrogens with two attached hydrogens (primary N) is 1. The second-order valence-electron chi connectivity index (χ2n) is 10.1. The van der Waals surface area contributed by atoms with Crippen LogP contribution in [0.25, 0.3) is 22.6 Å². The number of aromatic nitrogens is 5. The molecule has 0 radical (unpaired) electrons. The van der Waals surface area contributed by atoms with Gasteiger partial charge in [-0.15, -0.1) is 0 Å². The normalized spacial score (nSPS) is 17.4. The molecule has 4 heterocycles. The summed E-state index contributed by atoms with van der Waals surface area (Å²) in [5.74, 6) is -1.63. The largest absolute Gasteiger partial charge is 0.477 e. The number of aryl methyl sites for hydroxylation is 1. The highest BCUT2D eigenvalue weighted by atomic mass is 35.5. The second kappa shape index (κ2) is 11.9. The van der Waals surface area contributed by atoms with Crippen molar-refractivity contribution in [3.63, 3.8) is 0 Å². The molecule has 1 aliphatic rings. The number of nitrogens with one attached hydrogen (secondary N) is 2. The molecule has 5 rings (SSSR count). The lowest BCUT2D eigenvalue weighted by atomic mass is 9.95. The number of carbonyl (C=O) groups excluding carboxylic acids is 1. The summed E-state index contributed by atoms with van der Waals surface area (Å²) in [6, 6.07) is 9.71. The highest BCUT2D eigenvalue weighted by Gasteiger charge is 2.24. The second-order valence-corrected chi connectivity index (χ2v) is 10.5. The van der Waals surface area contributed by atoms with Gasteiger partial charge in [-0.3, -0.25) is 23.8 Å². The van der Waals surface area contributed by atoms with Gasteiger partial charge >= 0.3 is 5.97 Å². The fourth-order valence-electron chi connectivity index (χ4n) is 4.95. The van der Waals surface area contributed by atoms with Gasteiger partial charge in [0.2, 0.25) is 5.91 Å². The first-order chi connectivity index (χ1) is 20.1. The number of anilines is 2. The molecule has 2 atom stereocenters. The number of halogens is 1. The van der Waals surface area contributed by atoms with Crippen LogP contribution in [-0.2, 0) is 16.6 Å². The summed E-state index contributed by atoms with van der Waals surface area (Å²) < 4.78 is 3.23. The maximum Gasteiger partial charge on any atom is 0.353 e. The van der Waals surface area contributed by atoms with E-state index in [1.54, 1.807) is 46.9 Å². The minimum absolute atomic E-state index is 0.105. The first kappa shape index (κ1) is 28.6. The summed E-state index contributed by atoms with van der Waals surface area (Å²) in [6.07, 6.45) is 7.82. The molecular weight excluding hydrogens is 560 g/mol. The number of rotatable bonds is 5. The van der Waals surface area contributed by atoms with E-state index in [2.05, 4.69) is 25.7 Å². The quantitative estimate of drug-likeness (QED) is 0.251. The van der Waals surface area contributed by atoms with Crippen LogP contribution in [0.4, 0.5) is 11.4 Å². The molecule has 0 saturated carbocycles. The number of nitrogens with zero attached hydrogens (tertiary/aromatic N) is 5. The highest BCUT2D eigenvalue weighted by molar-refractivity contribution is 6.31. The van der Waals surface area contributed by atoms with E-state index in [-0.39, 0.29) is 29.1 Å². The lowest BCUT2D eigenvalue weighted by molar-refractivity contribution is -0.132. The van der Waals surface area contributed by atoms with Crippen molar-refractivity contribution < 1.29 is 14.7 Å². The molecule has 5 N–H and O–H groups in total. The molecule has 3 aromatic heterocycles. The van der Waals surface area contributed by atoms with Gasteiger partial charge in [-0.05, 0) is 48.7 Å². The third-order valence-electron chi connectivity index (χ3n) is 7.23. The number of pyridine rings is 1. The van der Waals surface area contributed by atoms with E-state index in [1.165, 1.54) is 12.4 Å². The summed E-state index contributed by atoms with van der Waals surface area (Å²) in [7, 11) is 1.78. The van der Waals surface area contributed by atoms with Gasteiger partial charge in [-0.25, -0.2) is 9.78 Å². The average Bonchev–Trinajstić information content (AvgIpc) is 3.33. The summed E-state index contributed by atoms with van der Waals surface area (Å²) in [6.45, 7) is 1.88. The lowest BCUT2D eigenvalue weighted by Gasteiger charge is -2.23. The van der Waals surface area contributed by atoms with Crippen LogP contribution in [0, 0.1) is 5.92 Å². The molecule has 0 fully saturated rings. The molecule has 2 bridgehead atoms. The van der Waals surface area contributed by atoms with E-state index in [0.29, 0.717) is 58.3 Å². The monoisotopic (exact) mass is 588 g/mol. The Morgan fingerprint density at radius 2 is 1.98 bits per heavy atom. The van der Waals surface area contributed by atoms with Gasteiger partial charge in [0.1, 0.15) is 11.4 Å². The number of fused-ring (bicyclic) bond motifs is 4. The molecule has 0 aliphatic carbocycles. The molecule has 1 aliphatic heterocycles. The number of amides is 1. The first-order valence-corrected chi connectivity index (χ1v) is 13.6. The third kappa shape index (κ3) is 5.88. The molecule has 4 aromatic rings. The van der Waals surface area contributed by atoms with Crippen molar-refractivity contribution in [1.82, 2.24) is 24.3 Å². The Hall–Kier alpha value is -4.97. The third-order valence-corrected chi connectivity index (χ3v) is 7.46. The fraction of sp³-hybridized carbons (Fsp3) is 0.241. The minimum Gasteiger partial charge on any atom is -0.477 e. The Morgan fingerprint density at radius 1 is 1.17 bits per heavy atom. The lowest BCUT2D eigenvalue weighted by Crippen LogP contribution is -2.26. The van der Waals surface area contributed by atoms with Gasteiger partial charge in [0, 0.05) is 47.7 Å². The summed E-state index contributed by atoms with van der Waals surface area (Å²) >= 11 is 6.24. The SMILES string of the molecule is CC1CCCC(n2cnc(-c3cc(Cl)ccc3N/C=C(\N)C(=O)O)cc2=O)c2ccnc(c2)-c2c(cnn2C)NC1=O. The van der Waals surface area contributed by atoms with Crippen LogP contribution in [0.15, 0.2) is 71.8 Å². The molecule has 0 spiro atoms. The molecular formula is C29H29ClN8O4. The van der Waals surface area contributed by atoms with Gasteiger partial charge in [-0.2, -0.15) is 5.10 Å². The molecule has 12 nitrogen and oxygen atoms in total. The number of benzene rings is 1. The topological polar surface area (TPSA) is 170 Å². The highest BCUT2D eigenvalue weighted by Crippen LogP contribution is 2.33. The molecule has 1 amide bonds. The van der Waals surface area contributed by atoms with Gasteiger partial charge in [0.25, 0.3) is 5.56 Å². The van der Waals surface area contributed by atoms with E-state index in [4.69, 9.17) is 22.4 Å². The zero-order chi connectivity index (χ0) is 30.0. The number of carbonyl (C=O) groups is 2. The van der Waals surface area contributed by atoms with Crippen molar-refractivity contribution >= 4 is 34.9 Å². The number of carboxylic acids is 1. The fourth-order valence-corrected chi connectivity index (χ4v) is 5.12. The van der Waals surface area contributed by atoms with Gasteiger partial charge in [0.05, 0.1) is 35.6 Å². The van der Waals surface area contributed by atoms with E-state index in [1.807, 2.05) is 19.1 Å². The Kier molecular flexibility index (Phi) is 8.07. The smallest absolute Gasteiger partial charge is 0.353 e. The zero-order valence-electron chi connectivity index (χ0n) is 22.9. The Labute approximate surface area is 245 Å². The predicted octanol–water partition coefficient (Wildman–Crippen LogP) is 4.00. The van der Waals surface area contributed by atoms with Crippen LogP contribution in [0.2, 0.25) is 5.02 Å². The van der Waals surface area contributed by atoms with Crippen LogP contribution in [0.5, 0.6) is 0 Å². The van der Waals surface area contributed by atoms with Gasteiger partial charge in [-0.1, -0.05) is 24.9 Å². The predicted molar refractivity (Wildman–Crippen MR) is 159 cm³/mol. The Bertz CT molecular complexity index is 1760. The molecule has 13 heteroatoms. The molecule has 1 aromatic carbocycles. The minimum atomic E-state index is -1.27. The Morgan fingerprint density at radius 3 is 2.74 bits per heavy atom. The van der Waals surface area contributed by atoms with Crippen molar-refractivity contribution in [2.45, 2.75) is 32.2 Å². The van der Waals surface area contributed by atoms with Crippen molar-refractivity contribution in [1.29, 1.82) is 0 Å². The van der Waals surface area contributed by atoms with Crippen molar-refractivity contribution in [3.8, 4) is 22.6 Å². The Balaban J connectivity index is 1.56. The number of hydrogen-bond acceptors (Lipinski definition) is 8. The number of carboxylic acid groups (broad SMARTS) is 1. The standard InChI is InChI=1S/C29H29ClN8O4/c1-16-4-3-5-25(17-8-9-32-23(10-17)27-24(36-28(16)40)14-35-37(27)2)38-15-34-22(12-26(38)39)19-11-18(30)6-7-21(19)33-13-20(31)29(41)42/h6-16,25,33H,3-5,31H2,1-2H3,(H,36,40)(H,41,42)/b20-13-. The summed E-state index contributed by atoms with van der Waals surface area (Å²) in [4.78, 5) is 46.7. The summed E-state index contributed by atoms with van der Waals surface area (Å²) in [5.41, 5.74) is 8.86. The maximum absolute atomic E-state index is 13.6. The van der Waals surface area contributed by atoms with E-state index < -0.39 is 5.97 Å². The van der Waals surface area contributed by atoms with E-state index in [9.17, 15) is 14.4 Å². The van der Waals surface area contributed by atoms with Gasteiger partial charge < -0.3 is 21.5 Å². The first-order valence-electron chi connectivity index (χ1n) is 13.2. The van der Waals surface area contributed by atoms with E-state index >= 15 is 0 Å². The van der Waals surface area contributed by atoms with Crippen LogP contribution in [-0.4, -0.2) is 41.3 Å². The van der Waals surface area contributed by atoms with Crippen LogP contribution >= 0.6 is 11.6 Å². The molecule has 216 valence electrons. The number of aliphatic carboxylic acids is 1.